The van der Waals surface area contributed by atoms with Crippen LogP contribution < -0.4 is 16.0 Å². The van der Waals surface area contributed by atoms with Crippen LogP contribution in [0.15, 0.2) is 27.8 Å². The van der Waals surface area contributed by atoms with Crippen molar-refractivity contribution < 1.29 is 17.6 Å². The zero-order valence-corrected chi connectivity index (χ0v) is 16.6. The van der Waals surface area contributed by atoms with Crippen LogP contribution in [0.1, 0.15) is 35.3 Å². The van der Waals surface area contributed by atoms with Gasteiger partial charge in [-0.2, -0.15) is 0 Å². The first-order valence-electron chi connectivity index (χ1n) is 8.38. The van der Waals surface area contributed by atoms with Crippen molar-refractivity contribution in [2.45, 2.75) is 31.4 Å². The summed E-state index contributed by atoms with van der Waals surface area (Å²) in [5.41, 5.74) is -2.11. The molecule has 0 saturated heterocycles. The summed E-state index contributed by atoms with van der Waals surface area (Å²) in [5, 5.41) is -1.01. The Morgan fingerprint density at radius 2 is 1.89 bits per heavy atom. The lowest BCUT2D eigenvalue weighted by Gasteiger charge is -2.25. The second kappa shape index (κ2) is 7.17. The number of sulfonamides is 1. The Hall–Kier alpha value is -2.46. The summed E-state index contributed by atoms with van der Waals surface area (Å²) in [4.78, 5) is 37.1. The number of halogens is 2. The van der Waals surface area contributed by atoms with E-state index in [2.05, 4.69) is 0 Å². The van der Waals surface area contributed by atoms with Gasteiger partial charge in [0, 0.05) is 18.8 Å². The van der Waals surface area contributed by atoms with Gasteiger partial charge in [-0.1, -0.05) is 18.0 Å². The predicted octanol–water partition coefficient (Wildman–Crippen LogP) is 1.25. The lowest BCUT2D eigenvalue weighted by Crippen LogP contribution is -2.42. The molecule has 1 aliphatic rings. The van der Waals surface area contributed by atoms with Crippen LogP contribution in [-0.2, 0) is 17.1 Å². The van der Waals surface area contributed by atoms with Crippen LogP contribution in [0.25, 0.3) is 5.69 Å². The molecular weight excluding hydrogens is 413 g/mol. The van der Waals surface area contributed by atoms with E-state index in [0.29, 0.717) is 23.1 Å². The van der Waals surface area contributed by atoms with Gasteiger partial charge in [0.2, 0.25) is 10.0 Å². The number of hydrogen-bond acceptors (Lipinski definition) is 5. The summed E-state index contributed by atoms with van der Waals surface area (Å²) in [6, 6.07) is 2.78. The first kappa shape index (κ1) is 20.3. The SMILES string of the molecule is Cc1cc(=O)n(-c2cc(C(=O)NS(=O)(=O)C3CCC3)c(Cl)cc2F)c(=O)n1C. The molecule has 0 bridgehead atoms. The van der Waals surface area contributed by atoms with Gasteiger partial charge in [0.1, 0.15) is 5.82 Å². The van der Waals surface area contributed by atoms with Gasteiger partial charge < -0.3 is 4.57 Å². The average Bonchev–Trinajstić information content (AvgIpc) is 2.51. The molecule has 1 amide bonds. The number of aromatic nitrogens is 2. The summed E-state index contributed by atoms with van der Waals surface area (Å²) < 4.78 is 42.4. The number of carbonyl (C=O) groups excluding carboxylic acids is 1. The van der Waals surface area contributed by atoms with E-state index in [4.69, 9.17) is 11.6 Å². The molecule has 0 unspecified atom stereocenters. The maximum atomic E-state index is 14.5. The Balaban J connectivity index is 2.10. The highest BCUT2D eigenvalue weighted by Crippen LogP contribution is 2.27. The lowest BCUT2D eigenvalue weighted by molar-refractivity contribution is 0.0980. The standard InChI is InChI=1S/C17H17ClFN3O5S/c1-9-6-15(23)22(17(25)21(9)2)14-7-11(12(18)8-13(14)19)16(24)20-28(26,27)10-4-3-5-10/h6-8,10H,3-5H2,1-2H3,(H,20,24). The molecule has 2 aromatic rings. The summed E-state index contributed by atoms with van der Waals surface area (Å²) in [5.74, 6) is -2.07. The molecule has 1 N–H and O–H groups in total. The molecule has 8 nitrogen and oxygen atoms in total. The molecule has 0 spiro atoms. The fourth-order valence-corrected chi connectivity index (χ4v) is 4.51. The Labute approximate surface area is 164 Å². The van der Waals surface area contributed by atoms with Crippen molar-refractivity contribution in [2.24, 2.45) is 7.05 Å². The van der Waals surface area contributed by atoms with E-state index in [0.717, 1.165) is 29.2 Å². The molecular formula is C17H17ClFN3O5S. The number of amides is 1. The molecule has 150 valence electrons. The van der Waals surface area contributed by atoms with Gasteiger partial charge in [0.25, 0.3) is 11.5 Å². The maximum absolute atomic E-state index is 14.5. The topological polar surface area (TPSA) is 107 Å². The van der Waals surface area contributed by atoms with Gasteiger partial charge in [-0.25, -0.2) is 26.9 Å². The summed E-state index contributed by atoms with van der Waals surface area (Å²) in [6.07, 6.45) is 1.64. The summed E-state index contributed by atoms with van der Waals surface area (Å²) in [7, 11) is -2.49. The highest BCUT2D eigenvalue weighted by Gasteiger charge is 2.33. The quantitative estimate of drug-likeness (QED) is 0.787. The predicted molar refractivity (Wildman–Crippen MR) is 101 cm³/mol. The minimum Gasteiger partial charge on any atom is -0.301 e. The third kappa shape index (κ3) is 3.49. The van der Waals surface area contributed by atoms with Gasteiger partial charge in [-0.3, -0.25) is 9.59 Å². The lowest BCUT2D eigenvalue weighted by atomic mass is 10.0. The van der Waals surface area contributed by atoms with Gasteiger partial charge in [-0.15, -0.1) is 0 Å². The fourth-order valence-electron chi connectivity index (χ4n) is 2.79. The van der Waals surface area contributed by atoms with E-state index in [9.17, 15) is 27.2 Å². The van der Waals surface area contributed by atoms with Crippen LogP contribution in [0.5, 0.6) is 0 Å². The first-order valence-corrected chi connectivity index (χ1v) is 10.3. The van der Waals surface area contributed by atoms with Gasteiger partial charge in [0.15, 0.2) is 0 Å². The van der Waals surface area contributed by atoms with Gasteiger partial charge >= 0.3 is 5.69 Å². The minimum atomic E-state index is -3.89. The van der Waals surface area contributed by atoms with Crippen molar-refractivity contribution in [3.05, 3.63) is 61.1 Å². The van der Waals surface area contributed by atoms with Crippen LogP contribution in [-0.4, -0.2) is 28.7 Å². The third-order valence-electron chi connectivity index (χ3n) is 4.81. The van der Waals surface area contributed by atoms with Crippen LogP contribution in [0.3, 0.4) is 0 Å². The Bertz CT molecular complexity index is 1200. The number of aryl methyl sites for hydroxylation is 1. The van der Waals surface area contributed by atoms with Crippen LogP contribution in [0.2, 0.25) is 5.02 Å². The Kier molecular flexibility index (Phi) is 5.20. The van der Waals surface area contributed by atoms with Crippen molar-refractivity contribution in [1.29, 1.82) is 0 Å². The van der Waals surface area contributed by atoms with E-state index in [1.807, 2.05) is 4.72 Å². The van der Waals surface area contributed by atoms with E-state index in [1.165, 1.54) is 14.0 Å². The number of carbonyl (C=O) groups is 1. The average molecular weight is 430 g/mol. The second-order valence-corrected chi connectivity index (χ2v) is 8.98. The van der Waals surface area contributed by atoms with Crippen LogP contribution in [0.4, 0.5) is 4.39 Å². The van der Waals surface area contributed by atoms with Crippen molar-refractivity contribution in [2.75, 3.05) is 0 Å². The maximum Gasteiger partial charge on any atom is 0.335 e. The number of hydrogen-bond donors (Lipinski definition) is 1. The van der Waals surface area contributed by atoms with E-state index >= 15 is 0 Å². The normalized spacial score (nSPS) is 14.6. The molecule has 0 atom stereocenters. The van der Waals surface area contributed by atoms with E-state index in [1.54, 1.807) is 0 Å². The molecule has 1 aliphatic carbocycles. The van der Waals surface area contributed by atoms with Crippen molar-refractivity contribution >= 4 is 27.5 Å². The fraction of sp³-hybridized carbons (Fsp3) is 0.353. The minimum absolute atomic E-state index is 0.348. The smallest absolute Gasteiger partial charge is 0.301 e. The summed E-state index contributed by atoms with van der Waals surface area (Å²) >= 11 is 5.91. The molecule has 0 radical (unpaired) electrons. The molecule has 0 aliphatic heterocycles. The molecule has 1 saturated carbocycles. The number of nitrogens with one attached hydrogen (secondary N) is 1. The number of nitrogens with zero attached hydrogens (tertiary/aromatic N) is 2. The zero-order valence-electron chi connectivity index (χ0n) is 15.0. The van der Waals surface area contributed by atoms with Crippen LogP contribution >= 0.6 is 11.6 Å². The zero-order chi connectivity index (χ0) is 20.8. The first-order chi connectivity index (χ1) is 13.0. The molecule has 1 heterocycles. The van der Waals surface area contributed by atoms with Crippen molar-refractivity contribution in [3.63, 3.8) is 0 Å². The molecule has 3 rings (SSSR count). The van der Waals surface area contributed by atoms with E-state index < -0.39 is 43.9 Å². The highest BCUT2D eigenvalue weighted by atomic mass is 35.5. The Morgan fingerprint density at radius 1 is 1.25 bits per heavy atom. The van der Waals surface area contributed by atoms with Crippen molar-refractivity contribution in [3.8, 4) is 5.69 Å². The summed E-state index contributed by atoms with van der Waals surface area (Å²) in [6.45, 7) is 1.54. The molecule has 28 heavy (non-hydrogen) atoms. The molecule has 1 aromatic heterocycles. The third-order valence-corrected chi connectivity index (χ3v) is 6.94. The largest absolute Gasteiger partial charge is 0.335 e. The number of rotatable bonds is 4. The molecule has 11 heteroatoms. The molecule has 1 fully saturated rings. The van der Waals surface area contributed by atoms with Crippen LogP contribution in [0, 0.1) is 12.7 Å². The Morgan fingerprint density at radius 3 is 2.46 bits per heavy atom. The van der Waals surface area contributed by atoms with Gasteiger partial charge in [0.05, 0.1) is 21.5 Å². The highest BCUT2D eigenvalue weighted by molar-refractivity contribution is 7.90. The van der Waals surface area contributed by atoms with E-state index in [-0.39, 0.29) is 10.6 Å². The van der Waals surface area contributed by atoms with Crippen molar-refractivity contribution in [1.82, 2.24) is 13.9 Å². The monoisotopic (exact) mass is 429 g/mol. The molecule has 1 aromatic carbocycles. The number of benzene rings is 1. The van der Waals surface area contributed by atoms with Gasteiger partial charge in [-0.05, 0) is 31.9 Å². The second-order valence-electron chi connectivity index (χ2n) is 6.61.